The van der Waals surface area contributed by atoms with E-state index in [2.05, 4.69) is 5.32 Å². The minimum absolute atomic E-state index is 0.135. The van der Waals surface area contributed by atoms with Crippen molar-refractivity contribution in [1.29, 1.82) is 0 Å². The zero-order chi connectivity index (χ0) is 14.8. The molecule has 110 valence electrons. The fraction of sp³-hybridized carbons (Fsp3) is 0.769. The molecule has 0 aliphatic rings. The molecule has 0 aromatic rings. The van der Waals surface area contributed by atoms with Crippen molar-refractivity contribution in [1.82, 2.24) is 10.2 Å². The van der Waals surface area contributed by atoms with E-state index in [-0.39, 0.29) is 24.9 Å². The molecule has 0 radical (unpaired) electrons. The summed E-state index contributed by atoms with van der Waals surface area (Å²) >= 11 is 0. The second kappa shape index (κ2) is 9.35. The van der Waals surface area contributed by atoms with Crippen molar-refractivity contribution in [2.75, 3.05) is 19.6 Å². The highest BCUT2D eigenvalue weighted by Gasteiger charge is 2.16. The van der Waals surface area contributed by atoms with Crippen LogP contribution in [0.1, 0.15) is 40.0 Å². The van der Waals surface area contributed by atoms with Crippen LogP contribution >= 0.6 is 0 Å². The number of carboxylic acid groups (broad SMARTS) is 1. The zero-order valence-electron chi connectivity index (χ0n) is 11.9. The second-order valence-electron chi connectivity index (χ2n) is 4.92. The Morgan fingerprint density at radius 2 is 1.89 bits per heavy atom. The Labute approximate surface area is 114 Å². The van der Waals surface area contributed by atoms with E-state index in [1.807, 2.05) is 20.8 Å². The highest BCUT2D eigenvalue weighted by atomic mass is 16.4. The summed E-state index contributed by atoms with van der Waals surface area (Å²) in [6.45, 7) is 5.83. The lowest BCUT2D eigenvalue weighted by Gasteiger charge is -2.20. The Morgan fingerprint density at radius 1 is 1.26 bits per heavy atom. The number of nitrogens with one attached hydrogen (secondary N) is 1. The van der Waals surface area contributed by atoms with Gasteiger partial charge in [0.15, 0.2) is 0 Å². The highest BCUT2D eigenvalue weighted by molar-refractivity contribution is 5.86. The molecule has 6 heteroatoms. The average Bonchev–Trinajstić information content (AvgIpc) is 2.32. The summed E-state index contributed by atoms with van der Waals surface area (Å²) in [5, 5.41) is 11.2. The maximum absolute atomic E-state index is 11.8. The van der Waals surface area contributed by atoms with Gasteiger partial charge in [-0.1, -0.05) is 20.8 Å². The third-order valence-electron chi connectivity index (χ3n) is 2.56. The summed E-state index contributed by atoms with van der Waals surface area (Å²) in [6, 6.07) is 0. The van der Waals surface area contributed by atoms with Crippen molar-refractivity contribution < 1.29 is 19.5 Å². The van der Waals surface area contributed by atoms with Crippen LogP contribution in [0.3, 0.4) is 0 Å². The van der Waals surface area contributed by atoms with Gasteiger partial charge in [-0.25, -0.2) is 0 Å². The first-order chi connectivity index (χ1) is 8.86. The van der Waals surface area contributed by atoms with Crippen LogP contribution in [0.25, 0.3) is 0 Å². The summed E-state index contributed by atoms with van der Waals surface area (Å²) < 4.78 is 0. The number of aliphatic carboxylic acids is 1. The minimum Gasteiger partial charge on any atom is -0.480 e. The van der Waals surface area contributed by atoms with Gasteiger partial charge in [0.2, 0.25) is 11.8 Å². The van der Waals surface area contributed by atoms with Crippen LogP contribution in [0.4, 0.5) is 0 Å². The molecule has 0 aromatic heterocycles. The average molecular weight is 272 g/mol. The zero-order valence-corrected chi connectivity index (χ0v) is 11.9. The summed E-state index contributed by atoms with van der Waals surface area (Å²) in [4.78, 5) is 35.1. The van der Waals surface area contributed by atoms with Crippen molar-refractivity contribution in [3.8, 4) is 0 Å². The smallest absolute Gasteiger partial charge is 0.323 e. The molecule has 0 heterocycles. The summed E-state index contributed by atoms with van der Waals surface area (Å²) in [5.74, 6) is -1.14. The van der Waals surface area contributed by atoms with Gasteiger partial charge in [-0.05, 0) is 18.8 Å². The van der Waals surface area contributed by atoms with Crippen LogP contribution < -0.4 is 5.32 Å². The van der Waals surface area contributed by atoms with Gasteiger partial charge < -0.3 is 15.3 Å². The lowest BCUT2D eigenvalue weighted by Crippen LogP contribution is -2.42. The van der Waals surface area contributed by atoms with Gasteiger partial charge in [-0.2, -0.15) is 0 Å². The standard InChI is InChI=1S/C13H24N2O4/c1-4-7-15(9-13(18)19)12(17)8-14-11(16)6-5-10(2)3/h10H,4-9H2,1-3H3,(H,14,16)(H,18,19). The van der Waals surface area contributed by atoms with Gasteiger partial charge in [-0.3, -0.25) is 14.4 Å². The molecule has 0 spiro atoms. The Hall–Kier alpha value is -1.59. The maximum Gasteiger partial charge on any atom is 0.323 e. The SMILES string of the molecule is CCCN(CC(=O)O)C(=O)CNC(=O)CCC(C)C. The van der Waals surface area contributed by atoms with E-state index in [9.17, 15) is 14.4 Å². The number of hydrogen-bond donors (Lipinski definition) is 2. The first kappa shape index (κ1) is 17.4. The first-order valence-corrected chi connectivity index (χ1v) is 6.63. The molecule has 2 N–H and O–H groups in total. The van der Waals surface area contributed by atoms with Crippen LogP contribution in [-0.4, -0.2) is 47.4 Å². The molecule has 0 atom stereocenters. The minimum atomic E-state index is -1.05. The molecule has 0 saturated heterocycles. The van der Waals surface area contributed by atoms with Gasteiger partial charge in [0.1, 0.15) is 6.54 Å². The van der Waals surface area contributed by atoms with Crippen LogP contribution in [0.5, 0.6) is 0 Å². The van der Waals surface area contributed by atoms with Crippen LogP contribution in [0, 0.1) is 5.92 Å². The topological polar surface area (TPSA) is 86.7 Å². The fourth-order valence-electron chi connectivity index (χ4n) is 1.52. The molecule has 0 aliphatic heterocycles. The Bertz CT molecular complexity index is 316. The summed E-state index contributed by atoms with van der Waals surface area (Å²) in [5.41, 5.74) is 0. The highest BCUT2D eigenvalue weighted by Crippen LogP contribution is 2.02. The quantitative estimate of drug-likeness (QED) is 0.652. The molecule has 0 bridgehead atoms. The molecule has 0 unspecified atom stereocenters. The molecular weight excluding hydrogens is 248 g/mol. The van der Waals surface area contributed by atoms with E-state index in [0.29, 0.717) is 25.3 Å². The number of hydrogen-bond acceptors (Lipinski definition) is 3. The van der Waals surface area contributed by atoms with Crippen molar-refractivity contribution in [3.63, 3.8) is 0 Å². The molecule has 0 aromatic carbocycles. The van der Waals surface area contributed by atoms with Crippen LogP contribution in [0.15, 0.2) is 0 Å². The van der Waals surface area contributed by atoms with E-state index in [0.717, 1.165) is 6.42 Å². The number of nitrogens with zero attached hydrogens (tertiary/aromatic N) is 1. The molecular formula is C13H24N2O4. The van der Waals surface area contributed by atoms with Crippen molar-refractivity contribution in [2.24, 2.45) is 5.92 Å². The lowest BCUT2D eigenvalue weighted by atomic mass is 10.1. The second-order valence-corrected chi connectivity index (χ2v) is 4.92. The van der Waals surface area contributed by atoms with E-state index in [1.165, 1.54) is 4.90 Å². The monoisotopic (exact) mass is 272 g/mol. The Balaban J connectivity index is 4.10. The van der Waals surface area contributed by atoms with E-state index in [1.54, 1.807) is 0 Å². The number of rotatable bonds is 9. The number of carbonyl (C=O) groups is 3. The van der Waals surface area contributed by atoms with Gasteiger partial charge >= 0.3 is 5.97 Å². The summed E-state index contributed by atoms with van der Waals surface area (Å²) in [7, 11) is 0. The van der Waals surface area contributed by atoms with Crippen LogP contribution in [0.2, 0.25) is 0 Å². The van der Waals surface area contributed by atoms with Crippen molar-refractivity contribution in [3.05, 3.63) is 0 Å². The Morgan fingerprint density at radius 3 is 2.37 bits per heavy atom. The number of carbonyl (C=O) groups excluding carboxylic acids is 2. The van der Waals surface area contributed by atoms with Gasteiger partial charge in [0, 0.05) is 13.0 Å². The van der Waals surface area contributed by atoms with E-state index >= 15 is 0 Å². The fourth-order valence-corrected chi connectivity index (χ4v) is 1.52. The predicted molar refractivity (Wildman–Crippen MR) is 71.6 cm³/mol. The van der Waals surface area contributed by atoms with Crippen molar-refractivity contribution in [2.45, 2.75) is 40.0 Å². The molecule has 0 aliphatic carbocycles. The third-order valence-corrected chi connectivity index (χ3v) is 2.56. The van der Waals surface area contributed by atoms with Gasteiger partial charge in [0.05, 0.1) is 6.54 Å². The number of amides is 2. The molecule has 0 rings (SSSR count). The maximum atomic E-state index is 11.8. The molecule has 19 heavy (non-hydrogen) atoms. The lowest BCUT2D eigenvalue weighted by molar-refractivity contribution is -0.144. The Kier molecular flexibility index (Phi) is 8.57. The number of carboxylic acids is 1. The molecule has 0 saturated carbocycles. The van der Waals surface area contributed by atoms with Gasteiger partial charge in [0.25, 0.3) is 0 Å². The largest absolute Gasteiger partial charge is 0.480 e. The van der Waals surface area contributed by atoms with Gasteiger partial charge in [-0.15, -0.1) is 0 Å². The predicted octanol–water partition coefficient (Wildman–Crippen LogP) is 0.862. The first-order valence-electron chi connectivity index (χ1n) is 6.63. The normalized spacial score (nSPS) is 10.3. The third kappa shape index (κ3) is 9.04. The van der Waals surface area contributed by atoms with Crippen LogP contribution in [-0.2, 0) is 14.4 Å². The molecule has 2 amide bonds. The molecule has 6 nitrogen and oxygen atoms in total. The molecule has 0 fully saturated rings. The van der Waals surface area contributed by atoms with Crippen molar-refractivity contribution >= 4 is 17.8 Å². The van der Waals surface area contributed by atoms with E-state index in [4.69, 9.17) is 5.11 Å². The van der Waals surface area contributed by atoms with E-state index < -0.39 is 5.97 Å². The summed E-state index contributed by atoms with van der Waals surface area (Å²) in [6.07, 6.45) is 1.84.